The first-order valence-electron chi connectivity index (χ1n) is 5.82. The number of nitro benzene ring substituents is 1. The maximum atomic E-state index is 13.5. The third-order valence-corrected chi connectivity index (χ3v) is 3.08. The molecule has 0 bridgehead atoms. The average Bonchev–Trinajstić information content (AvgIpc) is 2.29. The van der Waals surface area contributed by atoms with Crippen LogP contribution in [0.3, 0.4) is 0 Å². The second-order valence-corrected chi connectivity index (χ2v) is 5.06. The van der Waals surface area contributed by atoms with Gasteiger partial charge in [-0.25, -0.2) is 4.39 Å². The van der Waals surface area contributed by atoms with Gasteiger partial charge in [-0.2, -0.15) is 4.39 Å². The lowest BCUT2D eigenvalue weighted by molar-refractivity contribution is -0.387. The van der Waals surface area contributed by atoms with E-state index in [-0.39, 0.29) is 17.5 Å². The molecule has 5 nitrogen and oxygen atoms in total. The second-order valence-electron chi connectivity index (χ2n) is 5.06. The fourth-order valence-electron chi connectivity index (χ4n) is 1.91. The molecule has 0 amide bonds. The molecule has 19 heavy (non-hydrogen) atoms. The van der Waals surface area contributed by atoms with Gasteiger partial charge in [0.05, 0.1) is 18.1 Å². The summed E-state index contributed by atoms with van der Waals surface area (Å²) in [6, 6.07) is 1.47. The molecule has 7 heteroatoms. The summed E-state index contributed by atoms with van der Waals surface area (Å²) in [5.74, 6) is -1.95. The standard InChI is InChI=1S/C12H14F2N2O3/c1-12(6-19-7-12)5-15-4-8-2-11(16(17)18)10(14)3-9(8)13/h2-3,15H,4-7H2,1H3. The molecule has 0 saturated carbocycles. The summed E-state index contributed by atoms with van der Waals surface area (Å²) >= 11 is 0. The molecule has 1 aromatic carbocycles. The Morgan fingerprint density at radius 1 is 1.42 bits per heavy atom. The molecule has 0 aliphatic carbocycles. The van der Waals surface area contributed by atoms with Crippen LogP contribution in [0.4, 0.5) is 14.5 Å². The SMILES string of the molecule is CC1(CNCc2cc([N+](=O)[O-])c(F)cc2F)COC1. The average molecular weight is 272 g/mol. The third kappa shape index (κ3) is 3.05. The van der Waals surface area contributed by atoms with Crippen molar-refractivity contribution in [1.82, 2.24) is 5.32 Å². The molecule has 104 valence electrons. The molecule has 0 aromatic heterocycles. The van der Waals surface area contributed by atoms with E-state index in [1.165, 1.54) is 0 Å². The van der Waals surface area contributed by atoms with Crippen LogP contribution >= 0.6 is 0 Å². The van der Waals surface area contributed by atoms with Gasteiger partial charge in [0.25, 0.3) is 0 Å². The lowest BCUT2D eigenvalue weighted by atomic mass is 9.89. The number of nitro groups is 1. The molecule has 0 spiro atoms. The minimum absolute atomic E-state index is 0.0163. The summed E-state index contributed by atoms with van der Waals surface area (Å²) in [6.45, 7) is 4.01. The first-order chi connectivity index (χ1) is 8.91. The van der Waals surface area contributed by atoms with Crippen LogP contribution in [0.1, 0.15) is 12.5 Å². The van der Waals surface area contributed by atoms with Gasteiger partial charge in [0, 0.05) is 36.2 Å². The van der Waals surface area contributed by atoms with Crippen LogP contribution in [0.5, 0.6) is 0 Å². The third-order valence-electron chi connectivity index (χ3n) is 3.08. The van der Waals surface area contributed by atoms with Gasteiger partial charge in [-0.3, -0.25) is 10.1 Å². The molecule has 0 unspecified atom stereocenters. The minimum Gasteiger partial charge on any atom is -0.380 e. The first kappa shape index (κ1) is 13.8. The monoisotopic (exact) mass is 272 g/mol. The van der Waals surface area contributed by atoms with Crippen molar-refractivity contribution < 1.29 is 18.4 Å². The molecule has 2 rings (SSSR count). The lowest BCUT2D eigenvalue weighted by Gasteiger charge is -2.38. The number of nitrogens with one attached hydrogen (secondary N) is 1. The highest BCUT2D eigenvalue weighted by Gasteiger charge is 2.32. The number of rotatable bonds is 5. The Hall–Kier alpha value is -1.60. The Bertz CT molecular complexity index is 504. The molecule has 1 aliphatic heterocycles. The van der Waals surface area contributed by atoms with Crippen molar-refractivity contribution in [2.45, 2.75) is 13.5 Å². The number of ether oxygens (including phenoxy) is 1. The van der Waals surface area contributed by atoms with Gasteiger partial charge in [-0.05, 0) is 0 Å². The Balaban J connectivity index is 2.03. The van der Waals surface area contributed by atoms with Crippen LogP contribution in [-0.2, 0) is 11.3 Å². The predicted molar refractivity (Wildman–Crippen MR) is 63.6 cm³/mol. The molecule has 1 heterocycles. The van der Waals surface area contributed by atoms with Crippen LogP contribution in [-0.4, -0.2) is 24.7 Å². The van der Waals surface area contributed by atoms with E-state index < -0.39 is 22.2 Å². The van der Waals surface area contributed by atoms with E-state index in [1.807, 2.05) is 6.92 Å². The maximum Gasteiger partial charge on any atom is 0.305 e. The first-order valence-corrected chi connectivity index (χ1v) is 5.82. The predicted octanol–water partition coefficient (Wildman–Crippen LogP) is 2.00. The van der Waals surface area contributed by atoms with E-state index in [1.54, 1.807) is 0 Å². The number of halogens is 2. The van der Waals surface area contributed by atoms with Crippen molar-refractivity contribution >= 4 is 5.69 Å². The molecule has 1 fully saturated rings. The number of hydrogen-bond donors (Lipinski definition) is 1. The van der Waals surface area contributed by atoms with Gasteiger partial charge in [0.15, 0.2) is 0 Å². The van der Waals surface area contributed by atoms with Crippen molar-refractivity contribution in [2.75, 3.05) is 19.8 Å². The fraction of sp³-hybridized carbons (Fsp3) is 0.500. The van der Waals surface area contributed by atoms with Gasteiger partial charge in [-0.15, -0.1) is 0 Å². The van der Waals surface area contributed by atoms with Crippen LogP contribution in [0.2, 0.25) is 0 Å². The van der Waals surface area contributed by atoms with Crippen LogP contribution < -0.4 is 5.32 Å². The highest BCUT2D eigenvalue weighted by Crippen LogP contribution is 2.26. The normalized spacial score (nSPS) is 17.0. The Kier molecular flexibility index (Phi) is 3.77. The molecule has 1 aromatic rings. The summed E-state index contributed by atoms with van der Waals surface area (Å²) in [4.78, 5) is 9.72. The summed E-state index contributed by atoms with van der Waals surface area (Å²) in [5.41, 5.74) is -0.615. The zero-order valence-electron chi connectivity index (χ0n) is 10.4. The van der Waals surface area contributed by atoms with Crippen LogP contribution in [0.15, 0.2) is 12.1 Å². The summed E-state index contributed by atoms with van der Waals surface area (Å²) in [5, 5.41) is 13.6. The lowest BCUT2D eigenvalue weighted by Crippen LogP contribution is -2.47. The minimum atomic E-state index is -1.16. The van der Waals surface area contributed by atoms with Crippen molar-refractivity contribution in [3.05, 3.63) is 39.4 Å². The van der Waals surface area contributed by atoms with Gasteiger partial charge in [0.1, 0.15) is 5.82 Å². The zero-order valence-corrected chi connectivity index (χ0v) is 10.4. The Morgan fingerprint density at radius 2 is 2.11 bits per heavy atom. The van der Waals surface area contributed by atoms with E-state index in [2.05, 4.69) is 5.32 Å². The maximum absolute atomic E-state index is 13.5. The van der Waals surface area contributed by atoms with Crippen molar-refractivity contribution in [3.63, 3.8) is 0 Å². The molecule has 0 atom stereocenters. The van der Waals surface area contributed by atoms with E-state index in [0.717, 1.165) is 6.07 Å². The molecular formula is C12H14F2N2O3. The second kappa shape index (κ2) is 5.18. The smallest absolute Gasteiger partial charge is 0.305 e. The van der Waals surface area contributed by atoms with Crippen molar-refractivity contribution in [1.29, 1.82) is 0 Å². The van der Waals surface area contributed by atoms with Gasteiger partial charge < -0.3 is 10.1 Å². The van der Waals surface area contributed by atoms with Gasteiger partial charge in [0.2, 0.25) is 5.82 Å². The van der Waals surface area contributed by atoms with E-state index in [0.29, 0.717) is 25.8 Å². The number of benzene rings is 1. The molecule has 1 saturated heterocycles. The summed E-state index contributed by atoms with van der Waals surface area (Å²) in [7, 11) is 0. The highest BCUT2D eigenvalue weighted by molar-refractivity contribution is 5.37. The highest BCUT2D eigenvalue weighted by atomic mass is 19.1. The number of hydrogen-bond acceptors (Lipinski definition) is 4. The zero-order chi connectivity index (χ0) is 14.0. The van der Waals surface area contributed by atoms with Crippen LogP contribution in [0.25, 0.3) is 0 Å². The number of nitrogens with zero attached hydrogens (tertiary/aromatic N) is 1. The summed E-state index contributed by atoms with van der Waals surface area (Å²) < 4.78 is 31.7. The fourth-order valence-corrected chi connectivity index (χ4v) is 1.91. The molecule has 1 aliphatic rings. The molecular weight excluding hydrogens is 258 g/mol. The van der Waals surface area contributed by atoms with Gasteiger partial charge >= 0.3 is 5.69 Å². The molecule has 1 N–H and O–H groups in total. The van der Waals surface area contributed by atoms with E-state index in [9.17, 15) is 18.9 Å². The van der Waals surface area contributed by atoms with Crippen LogP contribution in [0, 0.1) is 27.2 Å². The Morgan fingerprint density at radius 3 is 2.63 bits per heavy atom. The topological polar surface area (TPSA) is 64.4 Å². The summed E-state index contributed by atoms with van der Waals surface area (Å²) in [6.07, 6.45) is 0. The largest absolute Gasteiger partial charge is 0.380 e. The van der Waals surface area contributed by atoms with Gasteiger partial charge in [-0.1, -0.05) is 6.92 Å². The van der Waals surface area contributed by atoms with Crippen molar-refractivity contribution in [2.24, 2.45) is 5.41 Å². The van der Waals surface area contributed by atoms with Crippen molar-refractivity contribution in [3.8, 4) is 0 Å². The van der Waals surface area contributed by atoms with E-state index >= 15 is 0 Å². The van der Waals surface area contributed by atoms with E-state index in [4.69, 9.17) is 4.74 Å². The quantitative estimate of drug-likeness (QED) is 0.657. The Labute approximate surface area is 108 Å². The molecule has 0 radical (unpaired) electrons.